The topological polar surface area (TPSA) is 110 Å². The maximum absolute atomic E-state index is 12.7. The summed E-state index contributed by atoms with van der Waals surface area (Å²) < 4.78 is 5.22. The molecular weight excluding hydrogens is 430 g/mol. The van der Waals surface area contributed by atoms with E-state index in [0.717, 1.165) is 12.2 Å². The van der Waals surface area contributed by atoms with Crippen molar-refractivity contribution in [3.8, 4) is 5.75 Å². The van der Waals surface area contributed by atoms with Crippen LogP contribution < -0.4 is 21.1 Å². The highest BCUT2D eigenvalue weighted by Gasteiger charge is 2.36. The first-order valence-electron chi connectivity index (χ1n) is 10.5. The first kappa shape index (κ1) is 23.8. The Balaban J connectivity index is 1.74. The second kappa shape index (κ2) is 10.2. The average Bonchev–Trinajstić information content (AvgIpc) is 2.76. The normalized spacial score (nSPS) is 19.2. The van der Waals surface area contributed by atoms with Crippen molar-refractivity contribution in [2.75, 3.05) is 32.1 Å². The first-order chi connectivity index (χ1) is 15.2. The molecule has 2 heterocycles. The largest absolute Gasteiger partial charge is 0.495 e. The van der Waals surface area contributed by atoms with Gasteiger partial charge in [-0.3, -0.25) is 9.78 Å². The van der Waals surface area contributed by atoms with Crippen LogP contribution in [0.2, 0.25) is 5.02 Å². The summed E-state index contributed by atoms with van der Waals surface area (Å²) in [6.45, 7) is 5.61. The second-order valence-electron chi connectivity index (χ2n) is 8.71. The molecule has 9 heteroatoms. The van der Waals surface area contributed by atoms with Crippen molar-refractivity contribution in [1.29, 1.82) is 0 Å². The minimum absolute atomic E-state index is 0.0608. The molecule has 0 spiro atoms. The highest BCUT2D eigenvalue weighted by Crippen LogP contribution is 2.29. The molecule has 0 aliphatic carbocycles. The van der Waals surface area contributed by atoms with Crippen LogP contribution in [-0.2, 0) is 4.79 Å². The third-order valence-electron chi connectivity index (χ3n) is 5.78. The number of ether oxygens (including phenoxy) is 1. The van der Waals surface area contributed by atoms with Gasteiger partial charge in [-0.15, -0.1) is 0 Å². The Kier molecular flexibility index (Phi) is 7.58. The summed E-state index contributed by atoms with van der Waals surface area (Å²) in [5, 5.41) is 6.54. The van der Waals surface area contributed by atoms with Crippen molar-refractivity contribution in [3.05, 3.63) is 53.3 Å². The number of likely N-dealkylation sites (tertiary alicyclic amines) is 1. The molecule has 3 amide bonds. The number of nitrogens with one attached hydrogen (secondary N) is 2. The first-order valence-corrected chi connectivity index (χ1v) is 10.9. The highest BCUT2D eigenvalue weighted by molar-refractivity contribution is 6.30. The van der Waals surface area contributed by atoms with Crippen LogP contribution in [0.5, 0.6) is 5.75 Å². The summed E-state index contributed by atoms with van der Waals surface area (Å²) >= 11 is 5.91. The summed E-state index contributed by atoms with van der Waals surface area (Å²) in [5.41, 5.74) is 6.44. The lowest BCUT2D eigenvalue weighted by Gasteiger charge is -2.41. The van der Waals surface area contributed by atoms with E-state index in [2.05, 4.69) is 20.5 Å². The minimum atomic E-state index is -0.649. The molecule has 1 aliphatic heterocycles. The van der Waals surface area contributed by atoms with Gasteiger partial charge in [0, 0.05) is 48.0 Å². The molecule has 0 bridgehead atoms. The van der Waals surface area contributed by atoms with E-state index < -0.39 is 5.41 Å². The zero-order chi connectivity index (χ0) is 23.3. The lowest BCUT2D eigenvalue weighted by atomic mass is 9.86. The fraction of sp³-hybridized carbons (Fsp3) is 0.435. The standard InChI is InChI=1S/C23H30ClN5O3/c1-23(2,21(25)30)14-29-11-10-20(18(13-29)19-9-8-17(32-3)12-26-19)28-22(31)27-16-6-4-15(24)5-7-16/h4-9,12,18,20H,10-11,13-14H2,1-3H3,(H2,25,30)(H2,27,28,31)/t18-,20+/m0/s1. The van der Waals surface area contributed by atoms with E-state index in [4.69, 9.17) is 22.1 Å². The maximum atomic E-state index is 12.7. The van der Waals surface area contributed by atoms with Crippen molar-refractivity contribution < 1.29 is 14.3 Å². The molecule has 2 atom stereocenters. The number of carbonyl (C=O) groups excluding carboxylic acids is 2. The molecule has 1 fully saturated rings. The van der Waals surface area contributed by atoms with Gasteiger partial charge in [0.1, 0.15) is 5.75 Å². The van der Waals surface area contributed by atoms with E-state index in [1.807, 2.05) is 26.0 Å². The summed E-state index contributed by atoms with van der Waals surface area (Å²) in [7, 11) is 1.59. The molecule has 0 saturated carbocycles. The van der Waals surface area contributed by atoms with E-state index in [-0.39, 0.29) is 23.9 Å². The molecule has 172 valence electrons. The molecule has 2 aromatic rings. The average molecular weight is 460 g/mol. The van der Waals surface area contributed by atoms with Gasteiger partial charge in [0.25, 0.3) is 0 Å². The van der Waals surface area contributed by atoms with Crippen molar-refractivity contribution in [1.82, 2.24) is 15.2 Å². The zero-order valence-electron chi connectivity index (χ0n) is 18.6. The van der Waals surface area contributed by atoms with Crippen molar-refractivity contribution in [2.24, 2.45) is 11.1 Å². The summed E-state index contributed by atoms with van der Waals surface area (Å²) in [6, 6.07) is 10.3. The van der Waals surface area contributed by atoms with Gasteiger partial charge in [0.05, 0.1) is 18.7 Å². The number of urea groups is 1. The SMILES string of the molecule is COc1ccc([C@@H]2CN(CC(C)(C)C(N)=O)CC[C@H]2NC(=O)Nc2ccc(Cl)cc2)nc1. The van der Waals surface area contributed by atoms with Gasteiger partial charge >= 0.3 is 6.03 Å². The highest BCUT2D eigenvalue weighted by atomic mass is 35.5. The number of anilines is 1. The molecule has 1 aliphatic rings. The zero-order valence-corrected chi connectivity index (χ0v) is 19.4. The molecule has 4 N–H and O–H groups in total. The van der Waals surface area contributed by atoms with E-state index >= 15 is 0 Å². The van der Waals surface area contributed by atoms with Crippen LogP contribution in [0.3, 0.4) is 0 Å². The van der Waals surface area contributed by atoms with E-state index in [1.165, 1.54) is 0 Å². The number of carbonyl (C=O) groups is 2. The van der Waals surface area contributed by atoms with Crippen LogP contribution in [-0.4, -0.2) is 54.6 Å². The second-order valence-corrected chi connectivity index (χ2v) is 9.15. The Morgan fingerprint density at radius 2 is 1.97 bits per heavy atom. The molecule has 3 rings (SSSR count). The number of methoxy groups -OCH3 is 1. The Hall–Kier alpha value is -2.84. The Morgan fingerprint density at radius 1 is 1.25 bits per heavy atom. The Morgan fingerprint density at radius 3 is 2.56 bits per heavy atom. The monoisotopic (exact) mass is 459 g/mol. The number of aromatic nitrogens is 1. The Labute approximate surface area is 193 Å². The van der Waals surface area contributed by atoms with Crippen molar-refractivity contribution in [3.63, 3.8) is 0 Å². The number of rotatable bonds is 7. The number of pyridine rings is 1. The predicted octanol–water partition coefficient (Wildman–Crippen LogP) is 3.23. The molecule has 8 nitrogen and oxygen atoms in total. The van der Waals surface area contributed by atoms with Crippen molar-refractivity contribution >= 4 is 29.2 Å². The number of benzene rings is 1. The van der Waals surface area contributed by atoms with Gasteiger partial charge in [-0.05, 0) is 56.7 Å². The van der Waals surface area contributed by atoms with Gasteiger partial charge in [-0.2, -0.15) is 0 Å². The van der Waals surface area contributed by atoms with Crippen LogP contribution >= 0.6 is 11.6 Å². The lowest BCUT2D eigenvalue weighted by Crippen LogP contribution is -2.53. The maximum Gasteiger partial charge on any atom is 0.319 e. The molecule has 32 heavy (non-hydrogen) atoms. The van der Waals surface area contributed by atoms with Gasteiger partial charge in [-0.1, -0.05) is 11.6 Å². The third kappa shape index (κ3) is 6.11. The van der Waals surface area contributed by atoms with Crippen LogP contribution in [0.4, 0.5) is 10.5 Å². The number of piperidine rings is 1. The molecule has 0 radical (unpaired) electrons. The van der Waals surface area contributed by atoms with Gasteiger partial charge in [0.2, 0.25) is 5.91 Å². The molecule has 0 unspecified atom stereocenters. The number of amides is 3. The number of hydrogen-bond acceptors (Lipinski definition) is 5. The lowest BCUT2D eigenvalue weighted by molar-refractivity contribution is -0.127. The number of nitrogens with zero attached hydrogens (tertiary/aromatic N) is 2. The van der Waals surface area contributed by atoms with Gasteiger partial charge in [0.15, 0.2) is 0 Å². The van der Waals surface area contributed by atoms with Crippen LogP contribution in [0.25, 0.3) is 0 Å². The number of primary amides is 1. The van der Waals surface area contributed by atoms with Gasteiger partial charge < -0.3 is 26.0 Å². The van der Waals surface area contributed by atoms with Crippen LogP contribution in [0, 0.1) is 5.41 Å². The summed E-state index contributed by atoms with van der Waals surface area (Å²) in [6.07, 6.45) is 2.38. The third-order valence-corrected chi connectivity index (χ3v) is 6.03. The number of nitrogens with two attached hydrogens (primary N) is 1. The smallest absolute Gasteiger partial charge is 0.319 e. The van der Waals surface area contributed by atoms with E-state index in [1.54, 1.807) is 37.6 Å². The molecule has 1 saturated heterocycles. The Bertz CT molecular complexity index is 934. The fourth-order valence-electron chi connectivity index (χ4n) is 3.87. The quantitative estimate of drug-likeness (QED) is 0.588. The van der Waals surface area contributed by atoms with Crippen LogP contribution in [0.1, 0.15) is 31.9 Å². The molecule has 1 aromatic carbocycles. The number of halogens is 1. The van der Waals surface area contributed by atoms with Crippen LogP contribution in [0.15, 0.2) is 42.6 Å². The summed E-state index contributed by atoms with van der Waals surface area (Å²) in [5.74, 6) is 0.273. The van der Waals surface area contributed by atoms with E-state index in [9.17, 15) is 9.59 Å². The summed E-state index contributed by atoms with van der Waals surface area (Å²) in [4.78, 5) is 31.3. The molecular formula is C23H30ClN5O3. The molecule has 1 aromatic heterocycles. The van der Waals surface area contributed by atoms with E-state index in [0.29, 0.717) is 36.0 Å². The van der Waals surface area contributed by atoms with Gasteiger partial charge in [-0.25, -0.2) is 4.79 Å². The number of hydrogen-bond donors (Lipinski definition) is 3. The predicted molar refractivity (Wildman–Crippen MR) is 125 cm³/mol. The minimum Gasteiger partial charge on any atom is -0.495 e. The fourth-order valence-corrected chi connectivity index (χ4v) is 4.00. The van der Waals surface area contributed by atoms with Crippen molar-refractivity contribution in [2.45, 2.75) is 32.2 Å².